The van der Waals surface area contributed by atoms with Crippen LogP contribution in [0.3, 0.4) is 0 Å². The minimum atomic E-state index is 0.727. The molecule has 18 heavy (non-hydrogen) atoms. The van der Waals surface area contributed by atoms with Crippen LogP contribution in [0.25, 0.3) is 0 Å². The molecule has 0 aliphatic carbocycles. The van der Waals surface area contributed by atoms with Crippen molar-refractivity contribution in [3.05, 3.63) is 64.7 Å². The zero-order valence-corrected chi connectivity index (χ0v) is 10.7. The molecule has 0 saturated heterocycles. The van der Waals surface area contributed by atoms with E-state index in [1.807, 2.05) is 31.2 Å². The molecule has 2 nitrogen and oxygen atoms in total. The molecule has 2 aromatic rings. The lowest BCUT2D eigenvalue weighted by molar-refractivity contribution is 1.13. The van der Waals surface area contributed by atoms with Gasteiger partial charge in [0.05, 0.1) is 11.3 Å². The van der Waals surface area contributed by atoms with Crippen LogP contribution in [0, 0.1) is 25.2 Å². The fourth-order valence-electron chi connectivity index (χ4n) is 1.98. The van der Waals surface area contributed by atoms with Gasteiger partial charge < -0.3 is 5.32 Å². The van der Waals surface area contributed by atoms with E-state index in [-0.39, 0.29) is 0 Å². The zero-order valence-electron chi connectivity index (χ0n) is 10.7. The molecule has 0 heterocycles. The Morgan fingerprint density at radius 2 is 1.89 bits per heavy atom. The van der Waals surface area contributed by atoms with Gasteiger partial charge in [-0.1, -0.05) is 42.0 Å². The van der Waals surface area contributed by atoms with Crippen LogP contribution in [-0.2, 0) is 6.54 Å². The Kier molecular flexibility index (Phi) is 3.64. The van der Waals surface area contributed by atoms with Crippen molar-refractivity contribution < 1.29 is 0 Å². The van der Waals surface area contributed by atoms with E-state index in [1.54, 1.807) is 0 Å². The van der Waals surface area contributed by atoms with Crippen LogP contribution in [-0.4, -0.2) is 0 Å². The van der Waals surface area contributed by atoms with Gasteiger partial charge in [-0.3, -0.25) is 0 Å². The second kappa shape index (κ2) is 5.37. The fourth-order valence-corrected chi connectivity index (χ4v) is 1.98. The van der Waals surface area contributed by atoms with Crippen molar-refractivity contribution in [2.45, 2.75) is 20.4 Å². The molecular formula is C16H16N2. The third kappa shape index (κ3) is 2.70. The third-order valence-corrected chi connectivity index (χ3v) is 2.95. The Hall–Kier alpha value is -2.27. The minimum absolute atomic E-state index is 0.727. The molecule has 0 aliphatic heterocycles. The lowest BCUT2D eigenvalue weighted by Gasteiger charge is -2.10. The van der Waals surface area contributed by atoms with E-state index in [4.69, 9.17) is 5.26 Å². The van der Waals surface area contributed by atoms with Gasteiger partial charge in [0.25, 0.3) is 0 Å². The van der Waals surface area contributed by atoms with E-state index in [9.17, 15) is 0 Å². The van der Waals surface area contributed by atoms with Crippen molar-refractivity contribution in [3.8, 4) is 6.07 Å². The maximum atomic E-state index is 9.15. The Morgan fingerprint density at radius 3 is 2.61 bits per heavy atom. The normalized spacial score (nSPS) is 9.83. The summed E-state index contributed by atoms with van der Waals surface area (Å²) >= 11 is 0. The van der Waals surface area contributed by atoms with Crippen LogP contribution in [0.5, 0.6) is 0 Å². The highest BCUT2D eigenvalue weighted by Gasteiger charge is 2.04. The first kappa shape index (κ1) is 12.2. The molecule has 0 unspecified atom stereocenters. The van der Waals surface area contributed by atoms with E-state index in [2.05, 4.69) is 36.5 Å². The second-order valence-electron chi connectivity index (χ2n) is 4.45. The molecule has 2 aromatic carbocycles. The summed E-state index contributed by atoms with van der Waals surface area (Å²) in [7, 11) is 0. The Balaban J connectivity index is 2.16. The van der Waals surface area contributed by atoms with Crippen LogP contribution in [0.4, 0.5) is 5.69 Å². The number of hydrogen-bond donors (Lipinski definition) is 1. The second-order valence-corrected chi connectivity index (χ2v) is 4.45. The molecule has 0 aliphatic rings. The summed E-state index contributed by atoms with van der Waals surface area (Å²) in [6.07, 6.45) is 0. The summed E-state index contributed by atoms with van der Waals surface area (Å²) in [5.41, 5.74) is 5.11. The predicted octanol–water partition coefficient (Wildman–Crippen LogP) is 3.79. The molecule has 0 aromatic heterocycles. The summed E-state index contributed by atoms with van der Waals surface area (Å²) in [5.74, 6) is 0. The highest BCUT2D eigenvalue weighted by Crippen LogP contribution is 2.19. The molecular weight excluding hydrogens is 220 g/mol. The van der Waals surface area contributed by atoms with Gasteiger partial charge in [0.1, 0.15) is 6.07 Å². The quantitative estimate of drug-likeness (QED) is 0.880. The number of nitrogens with one attached hydrogen (secondary N) is 1. The third-order valence-electron chi connectivity index (χ3n) is 2.95. The molecule has 1 N–H and O–H groups in total. The van der Waals surface area contributed by atoms with Gasteiger partial charge in [0.15, 0.2) is 0 Å². The molecule has 2 rings (SSSR count). The Labute approximate surface area is 108 Å². The topological polar surface area (TPSA) is 35.8 Å². The van der Waals surface area contributed by atoms with Crippen LogP contribution < -0.4 is 5.32 Å². The molecule has 0 radical (unpaired) electrons. The van der Waals surface area contributed by atoms with E-state index in [0.717, 1.165) is 23.4 Å². The summed E-state index contributed by atoms with van der Waals surface area (Å²) < 4.78 is 0. The van der Waals surface area contributed by atoms with E-state index >= 15 is 0 Å². The SMILES string of the molecule is Cc1cccc(CNc2cccc(C)c2C#N)c1. The number of nitriles is 1. The smallest absolute Gasteiger partial charge is 0.102 e. The van der Waals surface area contributed by atoms with Crippen LogP contribution >= 0.6 is 0 Å². The van der Waals surface area contributed by atoms with E-state index < -0.39 is 0 Å². The number of hydrogen-bond acceptors (Lipinski definition) is 2. The van der Waals surface area contributed by atoms with Crippen molar-refractivity contribution in [2.24, 2.45) is 0 Å². The maximum absolute atomic E-state index is 9.15. The van der Waals surface area contributed by atoms with Crippen molar-refractivity contribution in [3.63, 3.8) is 0 Å². The zero-order chi connectivity index (χ0) is 13.0. The number of anilines is 1. The van der Waals surface area contributed by atoms with Crippen molar-refractivity contribution >= 4 is 5.69 Å². The minimum Gasteiger partial charge on any atom is -0.380 e. The van der Waals surface area contributed by atoms with Gasteiger partial charge in [-0.25, -0.2) is 0 Å². The summed E-state index contributed by atoms with van der Waals surface area (Å²) in [6, 6.07) is 16.5. The highest BCUT2D eigenvalue weighted by molar-refractivity contribution is 5.60. The molecule has 0 spiro atoms. The lowest BCUT2D eigenvalue weighted by Crippen LogP contribution is -2.02. The molecule has 0 fully saturated rings. The van der Waals surface area contributed by atoms with Crippen LogP contribution in [0.1, 0.15) is 22.3 Å². The first-order valence-electron chi connectivity index (χ1n) is 6.00. The van der Waals surface area contributed by atoms with Crippen molar-refractivity contribution in [1.29, 1.82) is 5.26 Å². The molecule has 90 valence electrons. The van der Waals surface area contributed by atoms with Crippen molar-refractivity contribution in [1.82, 2.24) is 0 Å². The summed E-state index contributed by atoms with van der Waals surface area (Å²) in [6.45, 7) is 4.77. The molecule has 2 heteroatoms. The lowest BCUT2D eigenvalue weighted by atomic mass is 10.1. The first-order valence-corrected chi connectivity index (χ1v) is 6.00. The standard InChI is InChI=1S/C16H16N2/c1-12-5-3-7-14(9-12)11-18-16-8-4-6-13(2)15(16)10-17/h3-9,18H,11H2,1-2H3. The molecule has 0 saturated carbocycles. The van der Waals surface area contributed by atoms with Gasteiger partial charge in [0.2, 0.25) is 0 Å². The van der Waals surface area contributed by atoms with Gasteiger partial charge >= 0.3 is 0 Å². The highest BCUT2D eigenvalue weighted by atomic mass is 14.9. The van der Waals surface area contributed by atoms with Gasteiger partial charge in [-0.15, -0.1) is 0 Å². The number of aryl methyl sites for hydroxylation is 2. The van der Waals surface area contributed by atoms with Crippen LogP contribution in [0.15, 0.2) is 42.5 Å². The van der Waals surface area contributed by atoms with Gasteiger partial charge in [-0.2, -0.15) is 5.26 Å². The monoisotopic (exact) mass is 236 g/mol. The average Bonchev–Trinajstić information content (AvgIpc) is 2.36. The Morgan fingerprint density at radius 1 is 1.11 bits per heavy atom. The summed E-state index contributed by atoms with van der Waals surface area (Å²) in [5, 5.41) is 12.5. The largest absolute Gasteiger partial charge is 0.380 e. The molecule has 0 bridgehead atoms. The molecule has 0 atom stereocenters. The maximum Gasteiger partial charge on any atom is 0.102 e. The van der Waals surface area contributed by atoms with Crippen molar-refractivity contribution in [2.75, 3.05) is 5.32 Å². The first-order chi connectivity index (χ1) is 8.70. The van der Waals surface area contributed by atoms with E-state index in [0.29, 0.717) is 0 Å². The Bertz CT molecular complexity index is 594. The predicted molar refractivity (Wildman–Crippen MR) is 74.4 cm³/mol. The fraction of sp³-hybridized carbons (Fsp3) is 0.188. The van der Waals surface area contributed by atoms with E-state index in [1.165, 1.54) is 11.1 Å². The van der Waals surface area contributed by atoms with Gasteiger partial charge in [-0.05, 0) is 31.0 Å². The number of rotatable bonds is 3. The number of nitrogens with zero attached hydrogens (tertiary/aromatic N) is 1. The molecule has 0 amide bonds. The van der Waals surface area contributed by atoms with Gasteiger partial charge in [0, 0.05) is 6.54 Å². The number of benzene rings is 2. The summed E-state index contributed by atoms with van der Waals surface area (Å²) in [4.78, 5) is 0. The average molecular weight is 236 g/mol. The van der Waals surface area contributed by atoms with Crippen LogP contribution in [0.2, 0.25) is 0 Å².